The fourth-order valence-corrected chi connectivity index (χ4v) is 4.67. The highest BCUT2D eigenvalue weighted by Gasteiger charge is 2.40. The molecule has 2 unspecified atom stereocenters. The number of halogens is 1. The second kappa shape index (κ2) is 11.2. The smallest absolute Gasteiger partial charge is 0.417 e. The summed E-state index contributed by atoms with van der Waals surface area (Å²) in [5, 5.41) is 9.88. The van der Waals surface area contributed by atoms with Gasteiger partial charge in [-0.1, -0.05) is 56.3 Å². The molecular formula is C26H32FNO4. The molecule has 2 amide bonds. The summed E-state index contributed by atoms with van der Waals surface area (Å²) >= 11 is 0. The first kappa shape index (κ1) is 23.9. The molecule has 2 fully saturated rings. The summed E-state index contributed by atoms with van der Waals surface area (Å²) in [5.74, 6) is -0.561. The first-order valence-corrected chi connectivity index (χ1v) is 11.5. The molecule has 1 saturated heterocycles. The van der Waals surface area contributed by atoms with E-state index in [0.29, 0.717) is 12.8 Å². The number of benzene rings is 2. The number of ether oxygens (including phenoxy) is 1. The SMILES string of the molecule is CC.O=C(CC(c1ccc(F)cc1)C1CCC(O)CC1)N1C(=O)OCC1c1ccccc1. The van der Waals surface area contributed by atoms with Crippen LogP contribution < -0.4 is 0 Å². The molecule has 32 heavy (non-hydrogen) atoms. The van der Waals surface area contributed by atoms with Gasteiger partial charge in [-0.25, -0.2) is 14.1 Å². The molecule has 5 nitrogen and oxygen atoms in total. The molecule has 2 aliphatic rings. The van der Waals surface area contributed by atoms with E-state index in [0.717, 1.165) is 24.0 Å². The molecule has 0 aromatic heterocycles. The van der Waals surface area contributed by atoms with Crippen molar-refractivity contribution >= 4 is 12.0 Å². The van der Waals surface area contributed by atoms with Crippen molar-refractivity contribution in [2.45, 2.75) is 64.0 Å². The fourth-order valence-electron chi connectivity index (χ4n) is 4.67. The number of hydrogen-bond acceptors (Lipinski definition) is 4. The van der Waals surface area contributed by atoms with Crippen molar-refractivity contribution in [1.29, 1.82) is 0 Å². The molecule has 0 radical (unpaired) electrons. The maximum Gasteiger partial charge on any atom is 0.417 e. The molecule has 2 atom stereocenters. The van der Waals surface area contributed by atoms with E-state index in [2.05, 4.69) is 0 Å². The molecule has 1 aliphatic heterocycles. The first-order chi connectivity index (χ1) is 15.5. The number of carbonyl (C=O) groups is 2. The lowest BCUT2D eigenvalue weighted by atomic mass is 9.74. The third kappa shape index (κ3) is 5.54. The van der Waals surface area contributed by atoms with Crippen LogP contribution in [0.4, 0.5) is 9.18 Å². The minimum atomic E-state index is -0.620. The highest BCUT2D eigenvalue weighted by Crippen LogP contribution is 2.40. The van der Waals surface area contributed by atoms with E-state index in [1.165, 1.54) is 17.0 Å². The summed E-state index contributed by atoms with van der Waals surface area (Å²) in [6.07, 6.45) is 2.19. The third-order valence-electron chi connectivity index (χ3n) is 6.33. The van der Waals surface area contributed by atoms with Crippen LogP contribution in [0.5, 0.6) is 0 Å². The topological polar surface area (TPSA) is 66.8 Å². The van der Waals surface area contributed by atoms with Crippen LogP contribution in [0, 0.1) is 11.7 Å². The van der Waals surface area contributed by atoms with E-state index >= 15 is 0 Å². The summed E-state index contributed by atoms with van der Waals surface area (Å²) in [5.41, 5.74) is 1.74. The second-order valence-electron chi connectivity index (χ2n) is 8.20. The van der Waals surface area contributed by atoms with Crippen molar-refractivity contribution in [2.24, 2.45) is 5.92 Å². The Morgan fingerprint density at radius 2 is 1.69 bits per heavy atom. The van der Waals surface area contributed by atoms with Crippen molar-refractivity contribution in [3.8, 4) is 0 Å². The van der Waals surface area contributed by atoms with Crippen molar-refractivity contribution in [1.82, 2.24) is 4.90 Å². The highest BCUT2D eigenvalue weighted by molar-refractivity contribution is 5.94. The lowest BCUT2D eigenvalue weighted by Crippen LogP contribution is -2.36. The van der Waals surface area contributed by atoms with Gasteiger partial charge in [0.1, 0.15) is 18.5 Å². The number of cyclic esters (lactones) is 1. The van der Waals surface area contributed by atoms with Crippen molar-refractivity contribution < 1.29 is 23.8 Å². The zero-order valence-electron chi connectivity index (χ0n) is 18.7. The predicted octanol–water partition coefficient (Wildman–Crippen LogP) is 5.60. The fraction of sp³-hybridized carbons (Fsp3) is 0.462. The maximum atomic E-state index is 13.5. The van der Waals surface area contributed by atoms with Gasteiger partial charge in [0.2, 0.25) is 5.91 Å². The van der Waals surface area contributed by atoms with E-state index in [9.17, 15) is 19.1 Å². The summed E-state index contributed by atoms with van der Waals surface area (Å²) in [4.78, 5) is 26.9. The number of amides is 2. The normalized spacial score (nSPS) is 23.7. The Morgan fingerprint density at radius 1 is 1.06 bits per heavy atom. The van der Waals surface area contributed by atoms with E-state index < -0.39 is 12.1 Å². The number of aliphatic hydroxyl groups is 1. The largest absolute Gasteiger partial charge is 0.446 e. The molecule has 1 saturated carbocycles. The molecular weight excluding hydrogens is 409 g/mol. The predicted molar refractivity (Wildman–Crippen MR) is 120 cm³/mol. The molecule has 0 bridgehead atoms. The number of nitrogens with zero attached hydrogens (tertiary/aromatic N) is 1. The van der Waals surface area contributed by atoms with Gasteiger partial charge in [0.25, 0.3) is 0 Å². The lowest BCUT2D eigenvalue weighted by Gasteiger charge is -2.33. The summed E-state index contributed by atoms with van der Waals surface area (Å²) < 4.78 is 18.7. The van der Waals surface area contributed by atoms with E-state index in [-0.39, 0.29) is 42.7 Å². The molecule has 1 N–H and O–H groups in total. The molecule has 0 spiro atoms. The molecule has 1 aliphatic carbocycles. The van der Waals surface area contributed by atoms with E-state index in [1.54, 1.807) is 12.1 Å². The van der Waals surface area contributed by atoms with Gasteiger partial charge in [0.05, 0.1) is 6.10 Å². The number of rotatable bonds is 5. The Kier molecular flexibility index (Phi) is 8.39. The van der Waals surface area contributed by atoms with Gasteiger partial charge in [-0.3, -0.25) is 4.79 Å². The van der Waals surface area contributed by atoms with E-state index in [4.69, 9.17) is 4.74 Å². The molecule has 172 valence electrons. The van der Waals surface area contributed by atoms with Gasteiger partial charge < -0.3 is 9.84 Å². The molecule has 2 aromatic rings. The third-order valence-corrected chi connectivity index (χ3v) is 6.33. The van der Waals surface area contributed by atoms with Crippen LogP contribution >= 0.6 is 0 Å². The standard InChI is InChI=1S/C24H26FNO4.C2H6/c25-19-10-6-16(7-11-19)21(17-8-12-20(27)13-9-17)14-23(28)26-22(15-30-24(26)29)18-4-2-1-3-5-18;1-2/h1-7,10-11,17,20-22,27H,8-9,12-15H2;1-2H3. The monoisotopic (exact) mass is 441 g/mol. The molecule has 6 heteroatoms. The minimum Gasteiger partial charge on any atom is -0.446 e. The first-order valence-electron chi connectivity index (χ1n) is 11.5. The minimum absolute atomic E-state index is 0.143. The van der Waals surface area contributed by atoms with Crippen LogP contribution in [-0.4, -0.2) is 34.7 Å². The zero-order valence-corrected chi connectivity index (χ0v) is 18.7. The number of imide groups is 1. The number of carbonyl (C=O) groups excluding carboxylic acids is 2. The Labute approximate surface area is 189 Å². The summed E-state index contributed by atoms with van der Waals surface area (Å²) in [6.45, 7) is 4.14. The average molecular weight is 442 g/mol. The van der Waals surface area contributed by atoms with Crippen LogP contribution in [0.15, 0.2) is 54.6 Å². The van der Waals surface area contributed by atoms with Gasteiger partial charge in [0, 0.05) is 6.42 Å². The van der Waals surface area contributed by atoms with Crippen molar-refractivity contribution in [2.75, 3.05) is 6.61 Å². The van der Waals surface area contributed by atoms with Crippen LogP contribution in [0.25, 0.3) is 0 Å². The second-order valence-corrected chi connectivity index (χ2v) is 8.20. The van der Waals surface area contributed by atoms with E-state index in [1.807, 2.05) is 44.2 Å². The van der Waals surface area contributed by atoms with Crippen LogP contribution in [-0.2, 0) is 9.53 Å². The van der Waals surface area contributed by atoms with Gasteiger partial charge in [-0.05, 0) is 60.8 Å². The van der Waals surface area contributed by atoms with Crippen molar-refractivity contribution in [3.63, 3.8) is 0 Å². The highest BCUT2D eigenvalue weighted by atomic mass is 19.1. The Morgan fingerprint density at radius 3 is 2.31 bits per heavy atom. The Balaban J connectivity index is 0.00000141. The van der Waals surface area contributed by atoms with Gasteiger partial charge in [-0.2, -0.15) is 0 Å². The van der Waals surface area contributed by atoms with Crippen molar-refractivity contribution in [3.05, 3.63) is 71.5 Å². The van der Waals surface area contributed by atoms with Crippen LogP contribution in [0.1, 0.15) is 69.0 Å². The number of hydrogen-bond donors (Lipinski definition) is 1. The van der Waals surface area contributed by atoms with Gasteiger partial charge in [0.15, 0.2) is 0 Å². The summed E-state index contributed by atoms with van der Waals surface area (Å²) in [6, 6.07) is 15.2. The Bertz CT molecular complexity index is 878. The molecule has 2 aromatic carbocycles. The summed E-state index contributed by atoms with van der Waals surface area (Å²) in [7, 11) is 0. The lowest BCUT2D eigenvalue weighted by molar-refractivity contribution is -0.130. The van der Waals surface area contributed by atoms with Crippen LogP contribution in [0.3, 0.4) is 0 Å². The molecule has 4 rings (SSSR count). The van der Waals surface area contributed by atoms with Crippen LogP contribution in [0.2, 0.25) is 0 Å². The average Bonchev–Trinajstić information content (AvgIpc) is 3.22. The number of aliphatic hydroxyl groups excluding tert-OH is 1. The Hall–Kier alpha value is -2.73. The molecule has 1 heterocycles. The maximum absolute atomic E-state index is 13.5. The van der Waals surface area contributed by atoms with Gasteiger partial charge >= 0.3 is 6.09 Å². The van der Waals surface area contributed by atoms with Gasteiger partial charge in [-0.15, -0.1) is 0 Å². The quantitative estimate of drug-likeness (QED) is 0.656. The zero-order chi connectivity index (χ0) is 23.1.